The van der Waals surface area contributed by atoms with Gasteiger partial charge < -0.3 is 20.8 Å². The summed E-state index contributed by atoms with van der Waals surface area (Å²) in [6.45, 7) is 0.705. The highest BCUT2D eigenvalue weighted by Gasteiger charge is 2.12. The summed E-state index contributed by atoms with van der Waals surface area (Å²) in [5, 5.41) is 26.2. The van der Waals surface area contributed by atoms with Gasteiger partial charge in [-0.3, -0.25) is 0 Å². The van der Waals surface area contributed by atoms with E-state index in [1.807, 2.05) is 43.4 Å². The monoisotopic (exact) mass is 334 g/mol. The number of phenolic OH excluding ortho intramolecular Hbond substituents is 1. The third-order valence-corrected chi connectivity index (χ3v) is 4.05. The maximum absolute atomic E-state index is 10.5. The van der Waals surface area contributed by atoms with Gasteiger partial charge in [-0.1, -0.05) is 48.5 Å². The van der Waals surface area contributed by atoms with Crippen LogP contribution in [0, 0.1) is 0 Å². The van der Waals surface area contributed by atoms with Crippen molar-refractivity contribution in [1.29, 1.82) is 0 Å². The Labute approximate surface area is 147 Å². The van der Waals surface area contributed by atoms with Crippen LogP contribution in [0.4, 0.5) is 5.69 Å². The first-order valence-corrected chi connectivity index (χ1v) is 8.24. The molecule has 0 radical (unpaired) electrons. The molecular formula is C21H22N2O2. The van der Waals surface area contributed by atoms with Crippen LogP contribution in [0.15, 0.2) is 72.8 Å². The Bertz CT molecular complexity index is 834. The lowest BCUT2D eigenvalue weighted by atomic mass is 9.97. The molecule has 0 aromatic heterocycles. The van der Waals surface area contributed by atoms with Gasteiger partial charge >= 0.3 is 0 Å². The molecule has 0 bridgehead atoms. The molecule has 0 aliphatic heterocycles. The van der Waals surface area contributed by atoms with Crippen LogP contribution in [0.2, 0.25) is 0 Å². The van der Waals surface area contributed by atoms with Crippen LogP contribution in [0.25, 0.3) is 11.1 Å². The highest BCUT2D eigenvalue weighted by molar-refractivity contribution is 5.68. The maximum Gasteiger partial charge on any atom is 0.150 e. The summed E-state index contributed by atoms with van der Waals surface area (Å²) in [5.74, 6) is 0.160. The molecule has 0 amide bonds. The van der Waals surface area contributed by atoms with Gasteiger partial charge in [0.05, 0.1) is 0 Å². The molecule has 0 spiro atoms. The number of aliphatic hydroxyl groups is 1. The Morgan fingerprint density at radius 3 is 2.44 bits per heavy atom. The van der Waals surface area contributed by atoms with Gasteiger partial charge in [-0.25, -0.2) is 0 Å². The Morgan fingerprint density at radius 2 is 1.72 bits per heavy atom. The lowest BCUT2D eigenvalue weighted by molar-refractivity contribution is 0.208. The van der Waals surface area contributed by atoms with E-state index >= 15 is 0 Å². The van der Waals surface area contributed by atoms with Gasteiger partial charge in [0.25, 0.3) is 0 Å². The van der Waals surface area contributed by atoms with Crippen LogP contribution in [-0.2, 0) is 6.54 Å². The van der Waals surface area contributed by atoms with E-state index in [1.165, 1.54) is 0 Å². The molecule has 0 fully saturated rings. The first-order valence-electron chi connectivity index (χ1n) is 8.24. The van der Waals surface area contributed by atoms with Crippen molar-refractivity contribution in [3.8, 4) is 16.9 Å². The molecule has 0 saturated carbocycles. The molecular weight excluding hydrogens is 312 g/mol. The van der Waals surface area contributed by atoms with Gasteiger partial charge in [0, 0.05) is 23.9 Å². The van der Waals surface area contributed by atoms with E-state index in [1.54, 1.807) is 24.3 Å². The largest absolute Gasteiger partial charge is 0.508 e. The zero-order chi connectivity index (χ0) is 17.6. The minimum Gasteiger partial charge on any atom is -0.508 e. The van der Waals surface area contributed by atoms with Crippen LogP contribution < -0.4 is 10.6 Å². The highest BCUT2D eigenvalue weighted by Crippen LogP contribution is 2.28. The Hall–Kier alpha value is -2.82. The number of aliphatic hydroxyl groups excluding tert-OH is 1. The van der Waals surface area contributed by atoms with Gasteiger partial charge in [0.15, 0.2) is 6.23 Å². The Kier molecular flexibility index (Phi) is 5.33. The van der Waals surface area contributed by atoms with E-state index in [0.29, 0.717) is 12.2 Å². The minimum atomic E-state index is -0.859. The van der Waals surface area contributed by atoms with Crippen molar-refractivity contribution in [2.45, 2.75) is 12.8 Å². The van der Waals surface area contributed by atoms with Crippen LogP contribution in [-0.4, -0.2) is 17.3 Å². The lowest BCUT2D eigenvalue weighted by Gasteiger charge is -2.18. The summed E-state index contributed by atoms with van der Waals surface area (Å²) in [5.41, 5.74) is 4.84. The zero-order valence-corrected chi connectivity index (χ0v) is 14.1. The Morgan fingerprint density at radius 1 is 0.920 bits per heavy atom. The smallest absolute Gasteiger partial charge is 0.150 e. The van der Waals surface area contributed by atoms with E-state index in [9.17, 15) is 10.2 Å². The third-order valence-electron chi connectivity index (χ3n) is 4.05. The molecule has 1 unspecified atom stereocenters. The topological polar surface area (TPSA) is 64.5 Å². The number of aromatic hydroxyl groups is 1. The first-order chi connectivity index (χ1) is 12.2. The van der Waals surface area contributed by atoms with Gasteiger partial charge in [-0.15, -0.1) is 0 Å². The predicted molar refractivity (Wildman–Crippen MR) is 101 cm³/mol. The fraction of sp³-hybridized carbons (Fsp3) is 0.143. The molecule has 4 nitrogen and oxygen atoms in total. The van der Waals surface area contributed by atoms with Crippen LogP contribution in [0.1, 0.15) is 17.4 Å². The molecule has 1 atom stereocenters. The number of phenols is 1. The van der Waals surface area contributed by atoms with Crippen molar-refractivity contribution < 1.29 is 10.2 Å². The van der Waals surface area contributed by atoms with E-state index < -0.39 is 6.23 Å². The number of hydrogen-bond donors (Lipinski definition) is 4. The summed E-state index contributed by atoms with van der Waals surface area (Å²) in [6, 6.07) is 22.9. The number of hydrogen-bond acceptors (Lipinski definition) is 4. The van der Waals surface area contributed by atoms with Crippen molar-refractivity contribution in [3.63, 3.8) is 0 Å². The van der Waals surface area contributed by atoms with Crippen LogP contribution in [0.3, 0.4) is 0 Å². The number of anilines is 1. The highest BCUT2D eigenvalue weighted by atomic mass is 16.3. The summed E-state index contributed by atoms with van der Waals surface area (Å²) in [6.07, 6.45) is -0.859. The number of nitrogens with one attached hydrogen (secondary N) is 2. The summed E-state index contributed by atoms with van der Waals surface area (Å²) in [4.78, 5) is 0. The minimum absolute atomic E-state index is 0.160. The Balaban J connectivity index is 1.88. The fourth-order valence-corrected chi connectivity index (χ4v) is 2.86. The van der Waals surface area contributed by atoms with E-state index in [4.69, 9.17) is 0 Å². The molecule has 0 saturated heterocycles. The SMILES string of the molecule is CNCc1cc(C(O)Nc2cccc(O)c2)ccc1-c1ccccc1. The maximum atomic E-state index is 10.5. The molecule has 3 rings (SSSR count). The molecule has 3 aromatic rings. The van der Waals surface area contributed by atoms with Crippen LogP contribution in [0.5, 0.6) is 5.75 Å². The van der Waals surface area contributed by atoms with Crippen molar-refractivity contribution in [2.75, 3.05) is 12.4 Å². The van der Waals surface area contributed by atoms with Crippen molar-refractivity contribution in [1.82, 2.24) is 5.32 Å². The third kappa shape index (κ3) is 4.18. The molecule has 4 N–H and O–H groups in total. The van der Waals surface area contributed by atoms with Gasteiger partial charge in [-0.2, -0.15) is 0 Å². The average molecular weight is 334 g/mol. The molecule has 3 aromatic carbocycles. The number of benzene rings is 3. The van der Waals surface area contributed by atoms with E-state index in [0.717, 1.165) is 22.3 Å². The molecule has 4 heteroatoms. The second-order valence-electron chi connectivity index (χ2n) is 5.91. The normalized spacial score (nSPS) is 11.9. The standard InChI is InChI=1S/C21H22N2O2/c1-22-14-17-12-16(10-11-20(17)15-6-3-2-4-7-15)21(25)23-18-8-5-9-19(24)13-18/h2-13,21-25H,14H2,1H3. The molecule has 0 aliphatic rings. The van der Waals surface area contributed by atoms with Crippen LogP contribution >= 0.6 is 0 Å². The molecule has 0 aliphatic carbocycles. The van der Waals surface area contributed by atoms with Crippen molar-refractivity contribution in [3.05, 3.63) is 83.9 Å². The molecule has 25 heavy (non-hydrogen) atoms. The lowest BCUT2D eigenvalue weighted by Crippen LogP contribution is -2.12. The fourth-order valence-electron chi connectivity index (χ4n) is 2.86. The van der Waals surface area contributed by atoms with Gasteiger partial charge in [-0.05, 0) is 41.9 Å². The average Bonchev–Trinajstić information content (AvgIpc) is 2.63. The first kappa shape index (κ1) is 17.0. The van der Waals surface area contributed by atoms with E-state index in [-0.39, 0.29) is 5.75 Å². The zero-order valence-electron chi connectivity index (χ0n) is 14.1. The van der Waals surface area contributed by atoms with Crippen molar-refractivity contribution in [2.24, 2.45) is 0 Å². The van der Waals surface area contributed by atoms with Gasteiger partial charge in [0.1, 0.15) is 5.75 Å². The predicted octanol–water partition coefficient (Wildman–Crippen LogP) is 3.88. The van der Waals surface area contributed by atoms with E-state index in [2.05, 4.69) is 22.8 Å². The second-order valence-corrected chi connectivity index (χ2v) is 5.91. The molecule has 0 heterocycles. The summed E-state index contributed by atoms with van der Waals surface area (Å²) in [7, 11) is 1.91. The molecule has 128 valence electrons. The van der Waals surface area contributed by atoms with Gasteiger partial charge in [0.2, 0.25) is 0 Å². The quantitative estimate of drug-likeness (QED) is 0.517. The second kappa shape index (κ2) is 7.83. The number of rotatable bonds is 6. The summed E-state index contributed by atoms with van der Waals surface area (Å²) < 4.78 is 0. The van der Waals surface area contributed by atoms with Crippen molar-refractivity contribution >= 4 is 5.69 Å². The summed E-state index contributed by atoms with van der Waals surface area (Å²) >= 11 is 0.